The molecule has 124 valence electrons. The van der Waals surface area contributed by atoms with E-state index in [1.54, 1.807) is 4.90 Å². The highest BCUT2D eigenvalue weighted by Gasteiger charge is 2.47. The molecule has 1 atom stereocenters. The number of likely N-dealkylation sites (tertiary alicyclic amines) is 1. The van der Waals surface area contributed by atoms with Crippen LogP contribution in [0.4, 0.5) is 0 Å². The minimum absolute atomic E-state index is 0.00286. The Morgan fingerprint density at radius 3 is 2.61 bits per heavy atom. The minimum atomic E-state index is -0.537. The number of nitrogens with one attached hydrogen (secondary N) is 1. The zero-order valence-corrected chi connectivity index (χ0v) is 13.3. The van der Waals surface area contributed by atoms with E-state index in [-0.39, 0.29) is 17.5 Å². The molecule has 2 amide bonds. The summed E-state index contributed by atoms with van der Waals surface area (Å²) in [5.41, 5.74) is -1.51. The summed E-state index contributed by atoms with van der Waals surface area (Å²) in [5.74, 6) is -0.380. The van der Waals surface area contributed by atoms with Crippen LogP contribution >= 0.6 is 0 Å². The molecule has 0 aromatic carbocycles. The molecule has 2 fully saturated rings. The third-order valence-corrected chi connectivity index (χ3v) is 4.99. The minimum Gasteiger partial charge on any atom is -0.356 e. The molecule has 2 aliphatic rings. The van der Waals surface area contributed by atoms with E-state index in [4.69, 9.17) is 0 Å². The Morgan fingerprint density at radius 2 is 1.91 bits per heavy atom. The summed E-state index contributed by atoms with van der Waals surface area (Å²) in [6.45, 7) is 1.47. The predicted molar refractivity (Wildman–Crippen MR) is 82.1 cm³/mol. The van der Waals surface area contributed by atoms with Gasteiger partial charge >= 0.3 is 5.69 Å². The van der Waals surface area contributed by atoms with Crippen LogP contribution in [0.5, 0.6) is 0 Å². The van der Waals surface area contributed by atoms with Crippen molar-refractivity contribution in [1.82, 2.24) is 19.4 Å². The van der Waals surface area contributed by atoms with Gasteiger partial charge in [-0.3, -0.25) is 23.5 Å². The van der Waals surface area contributed by atoms with E-state index in [0.717, 1.165) is 17.4 Å². The highest BCUT2D eigenvalue weighted by Crippen LogP contribution is 2.37. The van der Waals surface area contributed by atoms with Gasteiger partial charge in [0.2, 0.25) is 5.91 Å². The summed E-state index contributed by atoms with van der Waals surface area (Å²) in [4.78, 5) is 50.2. The summed E-state index contributed by atoms with van der Waals surface area (Å²) in [6.07, 6.45) is 2.28. The third-order valence-electron chi connectivity index (χ3n) is 4.99. The summed E-state index contributed by atoms with van der Waals surface area (Å²) in [6, 6.07) is 1.18. The number of amides is 2. The van der Waals surface area contributed by atoms with Crippen molar-refractivity contribution in [3.05, 3.63) is 32.6 Å². The lowest BCUT2D eigenvalue weighted by molar-refractivity contribution is -0.132. The molecule has 2 saturated heterocycles. The molecule has 1 N–H and O–H groups in total. The smallest absolute Gasteiger partial charge is 0.331 e. The van der Waals surface area contributed by atoms with Crippen LogP contribution in [0.25, 0.3) is 0 Å². The number of hydrogen-bond donors (Lipinski definition) is 1. The standard InChI is InChI=1S/C15H20N4O4/c1-17-10(8-11(20)18(2)14(17)23)12(21)19-7-5-15(9-19)4-3-6-16-13(15)22/h8H,3-7,9H2,1-2H3,(H,16,22). The van der Waals surface area contributed by atoms with Crippen LogP contribution in [0.1, 0.15) is 29.8 Å². The van der Waals surface area contributed by atoms with E-state index in [9.17, 15) is 19.2 Å². The molecule has 8 heteroatoms. The molecule has 1 aromatic heterocycles. The molecular formula is C15H20N4O4. The first kappa shape index (κ1) is 15.5. The zero-order chi connectivity index (χ0) is 16.8. The molecule has 2 aliphatic heterocycles. The number of carbonyl (C=O) groups is 2. The van der Waals surface area contributed by atoms with Gasteiger partial charge in [0.25, 0.3) is 11.5 Å². The Balaban J connectivity index is 1.90. The van der Waals surface area contributed by atoms with Gasteiger partial charge in [-0.05, 0) is 19.3 Å². The predicted octanol–water partition coefficient (Wildman–Crippen LogP) is -1.17. The van der Waals surface area contributed by atoms with Crippen LogP contribution in [0.3, 0.4) is 0 Å². The van der Waals surface area contributed by atoms with E-state index in [1.807, 2.05) is 0 Å². The van der Waals surface area contributed by atoms with Crippen molar-refractivity contribution in [3.63, 3.8) is 0 Å². The number of nitrogens with zero attached hydrogens (tertiary/aromatic N) is 3. The first-order valence-electron chi connectivity index (χ1n) is 7.70. The molecule has 8 nitrogen and oxygen atoms in total. The Kier molecular flexibility index (Phi) is 3.62. The van der Waals surface area contributed by atoms with Gasteiger partial charge in [0.05, 0.1) is 5.41 Å². The van der Waals surface area contributed by atoms with Crippen molar-refractivity contribution in [2.75, 3.05) is 19.6 Å². The topological polar surface area (TPSA) is 93.4 Å². The Bertz CT molecular complexity index is 794. The maximum Gasteiger partial charge on any atom is 0.331 e. The van der Waals surface area contributed by atoms with Gasteiger partial charge in [0.1, 0.15) is 5.69 Å². The van der Waals surface area contributed by atoms with Crippen molar-refractivity contribution in [2.24, 2.45) is 19.5 Å². The molecule has 1 aromatic rings. The summed E-state index contributed by atoms with van der Waals surface area (Å²) < 4.78 is 2.13. The second kappa shape index (κ2) is 5.36. The quantitative estimate of drug-likeness (QED) is 0.705. The number of rotatable bonds is 1. The van der Waals surface area contributed by atoms with Crippen LogP contribution in [-0.4, -0.2) is 45.5 Å². The van der Waals surface area contributed by atoms with E-state index in [1.165, 1.54) is 24.7 Å². The van der Waals surface area contributed by atoms with Crippen LogP contribution in [0.15, 0.2) is 15.7 Å². The largest absolute Gasteiger partial charge is 0.356 e. The van der Waals surface area contributed by atoms with Gasteiger partial charge in [-0.2, -0.15) is 0 Å². The first-order chi connectivity index (χ1) is 10.9. The van der Waals surface area contributed by atoms with Crippen LogP contribution in [0.2, 0.25) is 0 Å². The van der Waals surface area contributed by atoms with E-state index < -0.39 is 16.7 Å². The molecule has 0 bridgehead atoms. The Morgan fingerprint density at radius 1 is 1.17 bits per heavy atom. The lowest BCUT2D eigenvalue weighted by Crippen LogP contribution is -2.48. The SMILES string of the molecule is Cn1c(C(=O)N2CCC3(CCCNC3=O)C2)cc(=O)n(C)c1=O. The highest BCUT2D eigenvalue weighted by molar-refractivity contribution is 5.94. The van der Waals surface area contributed by atoms with Crippen LogP contribution < -0.4 is 16.6 Å². The van der Waals surface area contributed by atoms with E-state index in [0.29, 0.717) is 26.1 Å². The van der Waals surface area contributed by atoms with Gasteiger partial charge in [0, 0.05) is 39.8 Å². The van der Waals surface area contributed by atoms with Crippen LogP contribution in [0, 0.1) is 5.41 Å². The maximum atomic E-state index is 12.7. The van der Waals surface area contributed by atoms with Gasteiger partial charge in [-0.1, -0.05) is 0 Å². The fourth-order valence-corrected chi connectivity index (χ4v) is 3.47. The molecule has 0 radical (unpaired) electrons. The molecule has 23 heavy (non-hydrogen) atoms. The number of hydrogen-bond acceptors (Lipinski definition) is 4. The molecular weight excluding hydrogens is 300 g/mol. The van der Waals surface area contributed by atoms with Gasteiger partial charge < -0.3 is 10.2 Å². The molecule has 3 heterocycles. The van der Waals surface area contributed by atoms with E-state index in [2.05, 4.69) is 5.32 Å². The number of carbonyl (C=O) groups excluding carboxylic acids is 2. The van der Waals surface area contributed by atoms with Gasteiger partial charge in [-0.15, -0.1) is 0 Å². The third kappa shape index (κ3) is 2.38. The monoisotopic (exact) mass is 320 g/mol. The van der Waals surface area contributed by atoms with Crippen molar-refractivity contribution in [2.45, 2.75) is 19.3 Å². The van der Waals surface area contributed by atoms with Crippen molar-refractivity contribution in [3.8, 4) is 0 Å². The normalized spacial score (nSPS) is 24.1. The van der Waals surface area contributed by atoms with Gasteiger partial charge in [-0.25, -0.2) is 4.79 Å². The summed E-state index contributed by atoms with van der Waals surface area (Å²) >= 11 is 0. The highest BCUT2D eigenvalue weighted by atomic mass is 16.2. The molecule has 1 unspecified atom stereocenters. The lowest BCUT2D eigenvalue weighted by atomic mass is 9.79. The molecule has 0 aliphatic carbocycles. The molecule has 0 saturated carbocycles. The molecule has 3 rings (SSSR count). The van der Waals surface area contributed by atoms with Crippen molar-refractivity contribution < 1.29 is 9.59 Å². The van der Waals surface area contributed by atoms with Crippen molar-refractivity contribution in [1.29, 1.82) is 0 Å². The second-order valence-electron chi connectivity index (χ2n) is 6.38. The van der Waals surface area contributed by atoms with E-state index >= 15 is 0 Å². The lowest BCUT2D eigenvalue weighted by Gasteiger charge is -2.32. The number of piperidine rings is 1. The zero-order valence-electron chi connectivity index (χ0n) is 13.3. The average molecular weight is 320 g/mol. The first-order valence-corrected chi connectivity index (χ1v) is 7.70. The Labute approximate surface area is 132 Å². The fraction of sp³-hybridized carbons (Fsp3) is 0.600. The number of aromatic nitrogens is 2. The summed E-state index contributed by atoms with van der Waals surface area (Å²) in [7, 11) is 2.84. The average Bonchev–Trinajstić information content (AvgIpc) is 2.96. The maximum absolute atomic E-state index is 12.7. The summed E-state index contributed by atoms with van der Waals surface area (Å²) in [5, 5.41) is 2.87. The van der Waals surface area contributed by atoms with Crippen molar-refractivity contribution >= 4 is 11.8 Å². The van der Waals surface area contributed by atoms with Crippen LogP contribution in [-0.2, 0) is 18.9 Å². The fourth-order valence-electron chi connectivity index (χ4n) is 3.47. The molecule has 1 spiro atoms. The van der Waals surface area contributed by atoms with Gasteiger partial charge in [0.15, 0.2) is 0 Å². The second-order valence-corrected chi connectivity index (χ2v) is 6.38. The Hall–Kier alpha value is -2.38.